The largest absolute Gasteiger partial charge is 0.340 e. The first kappa shape index (κ1) is 16.8. The molecule has 0 fully saturated rings. The maximum Gasteiger partial charge on any atom is 0.142 e. The molecule has 3 nitrogen and oxygen atoms in total. The number of rotatable bonds is 2. The van der Waals surface area contributed by atoms with E-state index in [-0.39, 0.29) is 0 Å². The molecule has 2 aromatic heterocycles. The smallest absolute Gasteiger partial charge is 0.142 e. The number of hydrogen-bond acceptors (Lipinski definition) is 4. The van der Waals surface area contributed by atoms with E-state index in [2.05, 4.69) is 36.1 Å². The number of nitrogens with one attached hydrogen (secondary N) is 1. The Hall–Kier alpha value is -1.65. The molecule has 4 rings (SSSR count). The monoisotopic (exact) mass is 371 g/mol. The van der Waals surface area contributed by atoms with E-state index in [1.54, 1.807) is 6.33 Å². The molecule has 2 heterocycles. The summed E-state index contributed by atoms with van der Waals surface area (Å²) in [4.78, 5) is 11.6. The summed E-state index contributed by atoms with van der Waals surface area (Å²) in [6, 6.07) is 7.73. The van der Waals surface area contributed by atoms with Crippen LogP contribution in [0, 0.1) is 11.3 Å². The molecular formula is C20H22ClN3S. The van der Waals surface area contributed by atoms with Gasteiger partial charge >= 0.3 is 0 Å². The number of aromatic nitrogens is 2. The van der Waals surface area contributed by atoms with E-state index in [4.69, 9.17) is 11.6 Å². The number of fused-ring (bicyclic) bond motifs is 3. The van der Waals surface area contributed by atoms with Gasteiger partial charge in [-0.3, -0.25) is 0 Å². The summed E-state index contributed by atoms with van der Waals surface area (Å²) in [6.45, 7) is 7.05. The highest BCUT2D eigenvalue weighted by atomic mass is 35.5. The van der Waals surface area contributed by atoms with Crippen LogP contribution in [-0.2, 0) is 12.8 Å². The van der Waals surface area contributed by atoms with Gasteiger partial charge < -0.3 is 5.32 Å². The van der Waals surface area contributed by atoms with Gasteiger partial charge in [0.1, 0.15) is 17.0 Å². The molecule has 130 valence electrons. The third-order valence-corrected chi connectivity index (χ3v) is 6.59. The van der Waals surface area contributed by atoms with Crippen molar-refractivity contribution in [1.29, 1.82) is 0 Å². The van der Waals surface area contributed by atoms with Gasteiger partial charge in [-0.25, -0.2) is 9.97 Å². The quantitative estimate of drug-likeness (QED) is 0.579. The maximum atomic E-state index is 5.99. The second-order valence-electron chi connectivity index (χ2n) is 7.84. The second kappa shape index (κ2) is 6.26. The lowest BCUT2D eigenvalue weighted by Crippen LogP contribution is -2.26. The Morgan fingerprint density at radius 3 is 2.64 bits per heavy atom. The Morgan fingerprint density at radius 1 is 1.16 bits per heavy atom. The van der Waals surface area contributed by atoms with Crippen molar-refractivity contribution < 1.29 is 0 Å². The minimum atomic E-state index is 0.351. The lowest BCUT2D eigenvalue weighted by atomic mass is 9.72. The number of nitrogens with zero attached hydrogens (tertiary/aromatic N) is 2. The average Bonchev–Trinajstić information content (AvgIpc) is 2.95. The molecule has 0 bridgehead atoms. The molecule has 25 heavy (non-hydrogen) atoms. The number of hydrogen-bond donors (Lipinski definition) is 1. The third kappa shape index (κ3) is 3.25. The lowest BCUT2D eigenvalue weighted by molar-refractivity contribution is 0.218. The molecule has 5 heteroatoms. The molecular weight excluding hydrogens is 350 g/mol. The zero-order valence-electron chi connectivity index (χ0n) is 14.8. The number of aryl methyl sites for hydroxylation is 1. The van der Waals surface area contributed by atoms with E-state index in [0.717, 1.165) is 40.1 Å². The molecule has 1 aromatic carbocycles. The molecule has 0 saturated heterocycles. The van der Waals surface area contributed by atoms with Crippen molar-refractivity contribution in [2.24, 2.45) is 11.3 Å². The van der Waals surface area contributed by atoms with Crippen molar-refractivity contribution in [3.8, 4) is 0 Å². The van der Waals surface area contributed by atoms with Gasteiger partial charge in [0.2, 0.25) is 0 Å². The van der Waals surface area contributed by atoms with Gasteiger partial charge in [-0.1, -0.05) is 32.4 Å². The van der Waals surface area contributed by atoms with Crippen LogP contribution in [0.1, 0.15) is 37.6 Å². The van der Waals surface area contributed by atoms with E-state index in [9.17, 15) is 0 Å². The molecule has 1 aliphatic rings. The number of anilines is 2. The van der Waals surface area contributed by atoms with Gasteiger partial charge in [0.05, 0.1) is 5.39 Å². The van der Waals surface area contributed by atoms with Gasteiger partial charge in [0.15, 0.2) is 0 Å². The zero-order valence-corrected chi connectivity index (χ0v) is 16.3. The van der Waals surface area contributed by atoms with E-state index in [1.807, 2.05) is 35.6 Å². The molecule has 0 radical (unpaired) electrons. The van der Waals surface area contributed by atoms with Gasteiger partial charge in [-0.15, -0.1) is 11.3 Å². The molecule has 1 atom stereocenters. The highest BCUT2D eigenvalue weighted by Crippen LogP contribution is 2.44. The molecule has 1 aliphatic carbocycles. The molecule has 0 saturated carbocycles. The molecule has 0 aliphatic heterocycles. The highest BCUT2D eigenvalue weighted by molar-refractivity contribution is 7.19. The van der Waals surface area contributed by atoms with E-state index in [1.165, 1.54) is 22.2 Å². The minimum Gasteiger partial charge on any atom is -0.340 e. The van der Waals surface area contributed by atoms with E-state index >= 15 is 0 Å². The fourth-order valence-electron chi connectivity index (χ4n) is 3.61. The number of halogens is 1. The summed E-state index contributed by atoms with van der Waals surface area (Å²) < 4.78 is 0. The van der Waals surface area contributed by atoms with Gasteiger partial charge in [0.25, 0.3) is 0 Å². The number of thiophene rings is 1. The van der Waals surface area contributed by atoms with Crippen molar-refractivity contribution in [3.63, 3.8) is 0 Å². The first-order valence-corrected chi connectivity index (χ1v) is 9.89. The Bertz CT molecular complexity index is 909. The van der Waals surface area contributed by atoms with Gasteiger partial charge in [-0.2, -0.15) is 0 Å². The molecule has 0 spiro atoms. The van der Waals surface area contributed by atoms with Crippen LogP contribution < -0.4 is 5.32 Å². The average molecular weight is 372 g/mol. The first-order valence-electron chi connectivity index (χ1n) is 8.69. The Balaban J connectivity index is 1.73. The van der Waals surface area contributed by atoms with Crippen LogP contribution in [0.4, 0.5) is 11.5 Å². The Labute approximate surface area is 157 Å². The zero-order chi connectivity index (χ0) is 17.6. The van der Waals surface area contributed by atoms with Crippen molar-refractivity contribution >= 4 is 44.7 Å². The van der Waals surface area contributed by atoms with Crippen LogP contribution in [0.3, 0.4) is 0 Å². The van der Waals surface area contributed by atoms with Crippen LogP contribution in [0.15, 0.2) is 30.6 Å². The highest BCUT2D eigenvalue weighted by Gasteiger charge is 2.31. The normalized spacial score (nSPS) is 17.5. The van der Waals surface area contributed by atoms with Crippen LogP contribution in [0.25, 0.3) is 10.2 Å². The van der Waals surface area contributed by atoms with Crippen molar-refractivity contribution in [1.82, 2.24) is 9.97 Å². The minimum absolute atomic E-state index is 0.351. The summed E-state index contributed by atoms with van der Waals surface area (Å²) in [6.07, 6.45) is 5.15. The van der Waals surface area contributed by atoms with Crippen molar-refractivity contribution in [3.05, 3.63) is 46.1 Å². The van der Waals surface area contributed by atoms with E-state index in [0.29, 0.717) is 5.41 Å². The maximum absolute atomic E-state index is 5.99. The molecule has 0 amide bonds. The molecule has 1 N–H and O–H groups in total. The summed E-state index contributed by atoms with van der Waals surface area (Å²) in [7, 11) is 0. The summed E-state index contributed by atoms with van der Waals surface area (Å²) in [5, 5.41) is 5.38. The predicted molar refractivity (Wildman–Crippen MR) is 107 cm³/mol. The van der Waals surface area contributed by atoms with Crippen LogP contribution >= 0.6 is 22.9 Å². The standard InChI is InChI=1S/C20H22ClN3S/c1-20(2,3)12-4-9-15-16(10-12)25-19-17(15)18(22-11-23-19)24-14-7-5-13(21)6-8-14/h5-8,11-12H,4,9-10H2,1-3H3,(H,22,23,24). The summed E-state index contributed by atoms with van der Waals surface area (Å²) in [5.41, 5.74) is 2.79. The first-order chi connectivity index (χ1) is 11.9. The third-order valence-electron chi connectivity index (χ3n) is 5.18. The molecule has 1 unspecified atom stereocenters. The van der Waals surface area contributed by atoms with Crippen LogP contribution in [0.2, 0.25) is 5.02 Å². The summed E-state index contributed by atoms with van der Waals surface area (Å²) in [5.74, 6) is 1.63. The van der Waals surface area contributed by atoms with Gasteiger partial charge in [0, 0.05) is 15.6 Å². The van der Waals surface area contributed by atoms with Gasteiger partial charge in [-0.05, 0) is 60.4 Å². The van der Waals surface area contributed by atoms with Crippen molar-refractivity contribution in [2.45, 2.75) is 40.0 Å². The Kier molecular flexibility index (Phi) is 4.20. The fourth-order valence-corrected chi connectivity index (χ4v) is 5.01. The second-order valence-corrected chi connectivity index (χ2v) is 9.36. The predicted octanol–water partition coefficient (Wildman–Crippen LogP) is 6.24. The van der Waals surface area contributed by atoms with Crippen LogP contribution in [0.5, 0.6) is 0 Å². The lowest BCUT2D eigenvalue weighted by Gasteiger charge is -2.33. The Morgan fingerprint density at radius 2 is 1.92 bits per heavy atom. The number of benzene rings is 1. The van der Waals surface area contributed by atoms with Crippen LogP contribution in [-0.4, -0.2) is 9.97 Å². The summed E-state index contributed by atoms with van der Waals surface area (Å²) >= 11 is 7.82. The van der Waals surface area contributed by atoms with E-state index < -0.39 is 0 Å². The van der Waals surface area contributed by atoms with Crippen molar-refractivity contribution in [2.75, 3.05) is 5.32 Å². The fraction of sp³-hybridized carbons (Fsp3) is 0.400. The topological polar surface area (TPSA) is 37.8 Å². The molecule has 3 aromatic rings. The SMILES string of the molecule is CC(C)(C)C1CCc2c(sc3ncnc(Nc4ccc(Cl)cc4)c23)C1.